The first-order chi connectivity index (χ1) is 12.2. The quantitative estimate of drug-likeness (QED) is 0.535. The maximum absolute atomic E-state index is 12.4. The zero-order valence-corrected chi connectivity index (χ0v) is 13.2. The maximum atomic E-state index is 12.4. The molecule has 0 aliphatic rings. The van der Waals surface area contributed by atoms with E-state index < -0.39 is 0 Å². The van der Waals surface area contributed by atoms with Crippen LogP contribution in [0.3, 0.4) is 0 Å². The second-order valence-electron chi connectivity index (χ2n) is 5.72. The molecule has 0 spiro atoms. The zero-order valence-electron chi connectivity index (χ0n) is 13.2. The third-order valence-corrected chi connectivity index (χ3v) is 4.22. The van der Waals surface area contributed by atoms with Crippen molar-refractivity contribution in [2.24, 2.45) is 7.05 Å². The Hall–Kier alpha value is -3.68. The molecule has 8 heteroatoms. The van der Waals surface area contributed by atoms with Crippen LogP contribution in [0.25, 0.3) is 39.3 Å². The standard InChI is InChI=1S/C17H12N6O2/c1-22-14-3-2-10(6-11(14)8-19-22)13-7-15(24)23-16(21-13)12(9-20-23)17-18-4-5-25-17/h2-9,21H,1H3. The van der Waals surface area contributed by atoms with Gasteiger partial charge in [0.25, 0.3) is 5.56 Å². The van der Waals surface area contributed by atoms with Gasteiger partial charge >= 0.3 is 0 Å². The highest BCUT2D eigenvalue weighted by Crippen LogP contribution is 2.25. The van der Waals surface area contributed by atoms with E-state index in [1.807, 2.05) is 29.9 Å². The second-order valence-corrected chi connectivity index (χ2v) is 5.72. The van der Waals surface area contributed by atoms with Crippen molar-refractivity contribution in [1.82, 2.24) is 29.4 Å². The summed E-state index contributed by atoms with van der Waals surface area (Å²) < 4.78 is 8.44. The lowest BCUT2D eigenvalue weighted by Gasteiger charge is -2.04. The Morgan fingerprint density at radius 3 is 2.92 bits per heavy atom. The van der Waals surface area contributed by atoms with Crippen LogP contribution in [0.4, 0.5) is 0 Å². The first kappa shape index (κ1) is 13.7. The molecule has 0 amide bonds. The Bertz CT molecular complexity index is 1280. The van der Waals surface area contributed by atoms with Crippen LogP contribution in [0.1, 0.15) is 0 Å². The summed E-state index contributed by atoms with van der Waals surface area (Å²) in [6.07, 6.45) is 6.40. The van der Waals surface area contributed by atoms with Crippen molar-refractivity contribution < 1.29 is 4.42 Å². The predicted octanol–water partition coefficient (Wildman–Crippen LogP) is 2.23. The normalized spacial score (nSPS) is 11.6. The summed E-state index contributed by atoms with van der Waals surface area (Å²) in [5.74, 6) is 0.408. The molecule has 0 aliphatic heterocycles. The van der Waals surface area contributed by atoms with Gasteiger partial charge in [0.05, 0.1) is 29.8 Å². The molecule has 25 heavy (non-hydrogen) atoms. The summed E-state index contributed by atoms with van der Waals surface area (Å²) in [6.45, 7) is 0. The highest BCUT2D eigenvalue weighted by atomic mass is 16.3. The van der Waals surface area contributed by atoms with E-state index >= 15 is 0 Å². The fourth-order valence-electron chi connectivity index (χ4n) is 2.98. The Morgan fingerprint density at radius 1 is 1.16 bits per heavy atom. The number of nitrogens with zero attached hydrogens (tertiary/aromatic N) is 5. The molecule has 0 unspecified atom stereocenters. The minimum absolute atomic E-state index is 0.229. The van der Waals surface area contributed by atoms with Crippen LogP contribution in [0, 0.1) is 0 Å². The number of rotatable bonds is 2. The van der Waals surface area contributed by atoms with Gasteiger partial charge in [-0.05, 0) is 17.7 Å². The van der Waals surface area contributed by atoms with Crippen molar-refractivity contribution in [1.29, 1.82) is 0 Å². The number of aromatic amines is 1. The number of H-pyrrole nitrogens is 1. The fourth-order valence-corrected chi connectivity index (χ4v) is 2.98. The van der Waals surface area contributed by atoms with Gasteiger partial charge in [0.1, 0.15) is 11.8 Å². The van der Waals surface area contributed by atoms with Gasteiger partial charge in [-0.15, -0.1) is 0 Å². The molecular formula is C17H12N6O2. The van der Waals surface area contributed by atoms with E-state index in [0.29, 0.717) is 22.8 Å². The molecule has 4 aromatic heterocycles. The summed E-state index contributed by atoms with van der Waals surface area (Å²) in [7, 11) is 1.89. The van der Waals surface area contributed by atoms with Gasteiger partial charge in [0.2, 0.25) is 5.89 Å². The smallest absolute Gasteiger partial charge is 0.274 e. The van der Waals surface area contributed by atoms with Crippen molar-refractivity contribution in [3.8, 4) is 22.7 Å². The van der Waals surface area contributed by atoms with Crippen molar-refractivity contribution in [2.75, 3.05) is 0 Å². The second kappa shape index (κ2) is 4.91. The largest absolute Gasteiger partial charge is 0.444 e. The highest BCUT2D eigenvalue weighted by molar-refractivity contribution is 5.84. The molecular weight excluding hydrogens is 320 g/mol. The lowest BCUT2D eigenvalue weighted by Crippen LogP contribution is -2.14. The number of oxazole rings is 1. The Labute approximate surface area is 140 Å². The summed E-state index contributed by atoms with van der Waals surface area (Å²) in [5, 5.41) is 9.37. The first-order valence-electron chi connectivity index (χ1n) is 7.64. The van der Waals surface area contributed by atoms with E-state index in [-0.39, 0.29) is 5.56 Å². The Morgan fingerprint density at radius 2 is 2.08 bits per heavy atom. The lowest BCUT2D eigenvalue weighted by atomic mass is 10.1. The van der Waals surface area contributed by atoms with Gasteiger partial charge in [-0.2, -0.15) is 14.7 Å². The van der Waals surface area contributed by atoms with Gasteiger partial charge in [-0.25, -0.2) is 4.98 Å². The topological polar surface area (TPSA) is 94.0 Å². The fraction of sp³-hybridized carbons (Fsp3) is 0.0588. The Balaban J connectivity index is 1.75. The number of hydrogen-bond donors (Lipinski definition) is 1. The van der Waals surface area contributed by atoms with Crippen LogP contribution in [0.2, 0.25) is 0 Å². The van der Waals surface area contributed by atoms with E-state index in [1.54, 1.807) is 18.6 Å². The van der Waals surface area contributed by atoms with Crippen molar-refractivity contribution in [2.45, 2.75) is 0 Å². The zero-order chi connectivity index (χ0) is 17.0. The average Bonchev–Trinajstić information content (AvgIpc) is 3.34. The molecule has 1 N–H and O–H groups in total. The SMILES string of the molecule is Cn1ncc2cc(-c3cc(=O)n4ncc(-c5ncco5)c4[nH]3)ccc21. The number of benzene rings is 1. The molecule has 0 atom stereocenters. The summed E-state index contributed by atoms with van der Waals surface area (Å²) in [5.41, 5.74) is 3.55. The summed E-state index contributed by atoms with van der Waals surface area (Å²) in [4.78, 5) is 19.8. The number of nitrogens with one attached hydrogen (secondary N) is 1. The minimum Gasteiger partial charge on any atom is -0.444 e. The molecule has 4 heterocycles. The lowest BCUT2D eigenvalue weighted by molar-refractivity contribution is 0.575. The van der Waals surface area contributed by atoms with Crippen LogP contribution in [-0.4, -0.2) is 29.4 Å². The molecule has 0 saturated heterocycles. The van der Waals surface area contributed by atoms with Crippen LogP contribution in [-0.2, 0) is 7.05 Å². The third kappa shape index (κ3) is 2.01. The van der Waals surface area contributed by atoms with Crippen molar-refractivity contribution in [3.63, 3.8) is 0 Å². The molecule has 0 saturated carbocycles. The molecule has 122 valence electrons. The molecule has 0 bridgehead atoms. The number of aromatic nitrogens is 6. The molecule has 0 aliphatic carbocycles. The summed E-state index contributed by atoms with van der Waals surface area (Å²) >= 11 is 0. The van der Waals surface area contributed by atoms with Crippen LogP contribution in [0.5, 0.6) is 0 Å². The van der Waals surface area contributed by atoms with E-state index in [2.05, 4.69) is 20.2 Å². The van der Waals surface area contributed by atoms with E-state index in [0.717, 1.165) is 16.5 Å². The van der Waals surface area contributed by atoms with Gasteiger partial charge in [-0.3, -0.25) is 9.48 Å². The van der Waals surface area contributed by atoms with Crippen LogP contribution >= 0.6 is 0 Å². The number of hydrogen-bond acceptors (Lipinski definition) is 5. The molecule has 5 rings (SSSR count). The van der Waals surface area contributed by atoms with E-state index in [4.69, 9.17) is 4.42 Å². The molecule has 8 nitrogen and oxygen atoms in total. The van der Waals surface area contributed by atoms with Crippen molar-refractivity contribution >= 4 is 16.6 Å². The molecule has 0 radical (unpaired) electrons. The van der Waals surface area contributed by atoms with Gasteiger partial charge in [0.15, 0.2) is 5.65 Å². The van der Waals surface area contributed by atoms with E-state index in [1.165, 1.54) is 16.8 Å². The number of aryl methyl sites for hydroxylation is 1. The maximum Gasteiger partial charge on any atom is 0.274 e. The monoisotopic (exact) mass is 332 g/mol. The predicted molar refractivity (Wildman–Crippen MR) is 91.0 cm³/mol. The Kier molecular flexibility index (Phi) is 2.69. The number of fused-ring (bicyclic) bond motifs is 2. The highest BCUT2D eigenvalue weighted by Gasteiger charge is 2.14. The van der Waals surface area contributed by atoms with E-state index in [9.17, 15) is 4.79 Å². The van der Waals surface area contributed by atoms with Crippen LogP contribution in [0.15, 0.2) is 58.3 Å². The average molecular weight is 332 g/mol. The van der Waals surface area contributed by atoms with Gasteiger partial charge < -0.3 is 9.40 Å². The van der Waals surface area contributed by atoms with Gasteiger partial charge in [0, 0.05) is 18.5 Å². The first-order valence-corrected chi connectivity index (χ1v) is 7.64. The minimum atomic E-state index is -0.229. The van der Waals surface area contributed by atoms with Crippen LogP contribution < -0.4 is 5.56 Å². The molecule has 0 fully saturated rings. The summed E-state index contributed by atoms with van der Waals surface area (Å²) in [6, 6.07) is 7.45. The third-order valence-electron chi connectivity index (χ3n) is 4.22. The van der Waals surface area contributed by atoms with Crippen molar-refractivity contribution in [3.05, 3.63) is 59.5 Å². The van der Waals surface area contributed by atoms with Gasteiger partial charge in [-0.1, -0.05) is 6.07 Å². The molecule has 1 aromatic carbocycles. The molecule has 5 aromatic rings.